The van der Waals surface area contributed by atoms with E-state index in [1.165, 1.54) is 0 Å². The Hall–Kier alpha value is -2.25. The maximum absolute atomic E-state index is 11.3. The number of furan rings is 1. The average molecular weight is 627 g/mol. The molecule has 0 unspecified atom stereocenters. The second kappa shape index (κ2) is 10.1. The molecule has 1 aliphatic heterocycles. The first-order chi connectivity index (χ1) is 17.5. The molecule has 37 heavy (non-hydrogen) atoms. The normalized spacial score (nSPS) is 15.3. The van der Waals surface area contributed by atoms with Gasteiger partial charge < -0.3 is 0 Å². The van der Waals surface area contributed by atoms with Crippen LogP contribution in [0.4, 0.5) is 5.69 Å². The predicted octanol–water partition coefficient (Wildman–Crippen LogP) is 2.26. The molecular weight excluding hydrogens is 603 g/mol. The monoisotopic (exact) mass is 627 g/mol. The summed E-state index contributed by atoms with van der Waals surface area (Å²) in [6.45, 7) is 2.71. The number of aryl methyl sites for hydroxylation is 2. The van der Waals surface area contributed by atoms with Crippen LogP contribution in [-0.4, -0.2) is 58.9 Å². The zero-order valence-electron chi connectivity index (χ0n) is 19.7. The van der Waals surface area contributed by atoms with Gasteiger partial charge in [0.25, 0.3) is 0 Å². The molecular formula is C24H23N2O7S3Se-. The Bertz CT molecular complexity index is 1740. The topological polar surface area (TPSA) is 135 Å². The van der Waals surface area contributed by atoms with Crippen molar-refractivity contribution in [1.82, 2.24) is 0 Å². The van der Waals surface area contributed by atoms with Crippen molar-refractivity contribution in [3.05, 3.63) is 57.8 Å². The third-order valence-corrected chi connectivity index (χ3v) is 11.0. The molecule has 0 spiro atoms. The van der Waals surface area contributed by atoms with Crippen molar-refractivity contribution in [1.29, 1.82) is 0 Å². The molecule has 196 valence electrons. The van der Waals surface area contributed by atoms with Crippen molar-refractivity contribution in [2.75, 3.05) is 23.0 Å². The van der Waals surface area contributed by atoms with Crippen molar-refractivity contribution in [3.8, 4) is 0 Å². The van der Waals surface area contributed by atoms with E-state index in [4.69, 9.17) is 4.42 Å². The van der Waals surface area contributed by atoms with Crippen molar-refractivity contribution in [3.63, 3.8) is 0 Å². The summed E-state index contributed by atoms with van der Waals surface area (Å²) in [6.07, 6.45) is 4.04. The number of anilines is 1. The van der Waals surface area contributed by atoms with Gasteiger partial charge in [0.1, 0.15) is 0 Å². The van der Waals surface area contributed by atoms with Gasteiger partial charge in [-0.25, -0.2) is 0 Å². The zero-order chi connectivity index (χ0) is 26.4. The van der Waals surface area contributed by atoms with Gasteiger partial charge in [0.15, 0.2) is 0 Å². The van der Waals surface area contributed by atoms with Gasteiger partial charge in [-0.05, 0) is 0 Å². The van der Waals surface area contributed by atoms with Crippen LogP contribution in [0, 0.1) is 6.92 Å². The van der Waals surface area contributed by atoms with E-state index in [9.17, 15) is 25.9 Å². The maximum atomic E-state index is 11.3. The van der Waals surface area contributed by atoms with Crippen LogP contribution < -0.4 is 13.9 Å². The molecule has 13 heteroatoms. The third-order valence-electron chi connectivity index (χ3n) is 6.01. The van der Waals surface area contributed by atoms with E-state index in [0.717, 1.165) is 40.9 Å². The quantitative estimate of drug-likeness (QED) is 0.157. The number of fused-ring (bicyclic) bond motifs is 4. The summed E-state index contributed by atoms with van der Waals surface area (Å²) in [7, 11) is -8.66. The Balaban J connectivity index is 1.58. The van der Waals surface area contributed by atoms with Crippen molar-refractivity contribution >= 4 is 83.9 Å². The van der Waals surface area contributed by atoms with Gasteiger partial charge >= 0.3 is 226 Å². The van der Waals surface area contributed by atoms with Crippen LogP contribution in [-0.2, 0) is 26.8 Å². The summed E-state index contributed by atoms with van der Waals surface area (Å²) in [6, 6.07) is 11.9. The fraction of sp³-hybridized carbons (Fsp3) is 0.292. The molecule has 0 amide bonds. The summed E-state index contributed by atoms with van der Waals surface area (Å²) >= 11 is 1.49. The molecule has 0 saturated carbocycles. The Morgan fingerprint density at radius 2 is 1.81 bits per heavy atom. The van der Waals surface area contributed by atoms with E-state index in [1.807, 2.05) is 35.8 Å². The van der Waals surface area contributed by atoms with E-state index in [1.54, 1.807) is 17.6 Å². The van der Waals surface area contributed by atoms with E-state index in [2.05, 4.69) is 23.1 Å². The van der Waals surface area contributed by atoms with E-state index < -0.39 is 31.7 Å². The molecule has 0 N–H and O–H groups in total. The molecule has 9 nitrogen and oxygen atoms in total. The number of thiazole rings is 1. The Morgan fingerprint density at radius 3 is 2.57 bits per heavy atom. The van der Waals surface area contributed by atoms with Gasteiger partial charge in [0, 0.05) is 0 Å². The second-order valence-electron chi connectivity index (χ2n) is 8.77. The molecule has 0 saturated heterocycles. The van der Waals surface area contributed by atoms with E-state index in [0.29, 0.717) is 18.7 Å². The number of hydrogen-bond acceptors (Lipinski definition) is 9. The molecule has 0 bridgehead atoms. The van der Waals surface area contributed by atoms with E-state index in [-0.39, 0.29) is 27.8 Å². The zero-order valence-corrected chi connectivity index (χ0v) is 23.9. The molecule has 0 atom stereocenters. The minimum absolute atomic E-state index is 0.0588. The first-order valence-electron chi connectivity index (χ1n) is 11.5. The molecule has 5 rings (SSSR count). The number of nitrogens with zero attached hydrogens (tertiary/aromatic N) is 2. The van der Waals surface area contributed by atoms with E-state index >= 15 is 0 Å². The van der Waals surface area contributed by atoms with Crippen LogP contribution >= 0.6 is 11.3 Å². The number of benzene rings is 2. The van der Waals surface area contributed by atoms with Crippen LogP contribution in [0.5, 0.6) is 0 Å². The Labute approximate surface area is 225 Å². The number of hydrogen-bond donors (Lipinski definition) is 0. The first kappa shape index (κ1) is 26.4. The molecule has 3 heterocycles. The van der Waals surface area contributed by atoms with Gasteiger partial charge in [-0.3, -0.25) is 0 Å². The van der Waals surface area contributed by atoms with Gasteiger partial charge in [-0.2, -0.15) is 0 Å². The number of aromatic nitrogens is 1. The summed E-state index contributed by atoms with van der Waals surface area (Å²) in [5, 5.41) is 1.78. The van der Waals surface area contributed by atoms with Gasteiger partial charge in [0.2, 0.25) is 0 Å². The van der Waals surface area contributed by atoms with Crippen LogP contribution in [0.25, 0.3) is 27.3 Å². The summed E-state index contributed by atoms with van der Waals surface area (Å²) in [5.74, 6) is -0.894. The summed E-state index contributed by atoms with van der Waals surface area (Å²) < 4.78 is 78.2. The van der Waals surface area contributed by atoms with Gasteiger partial charge in [-0.1, -0.05) is 0 Å². The molecule has 0 fully saturated rings. The van der Waals surface area contributed by atoms with Crippen molar-refractivity contribution in [2.45, 2.75) is 26.3 Å². The molecule has 0 aliphatic carbocycles. The fourth-order valence-corrected chi connectivity index (χ4v) is 9.03. The molecule has 4 aromatic rings. The van der Waals surface area contributed by atoms with Crippen LogP contribution in [0.2, 0.25) is 0 Å². The Kier molecular flexibility index (Phi) is 7.22. The SMILES string of the molecule is Cc1ccc2c(c1)N(CCCS(=O)(=O)[O-])/C(=C/c1sc3ccc4occc4c3[n+]1CCCS(=O)(=O)[O-])[Se]2. The third kappa shape index (κ3) is 5.93. The Morgan fingerprint density at radius 1 is 1.05 bits per heavy atom. The average Bonchev–Trinajstić information content (AvgIpc) is 3.48. The minimum atomic E-state index is -4.34. The van der Waals surface area contributed by atoms with Gasteiger partial charge in [-0.15, -0.1) is 0 Å². The van der Waals surface area contributed by atoms with Crippen molar-refractivity contribution < 1.29 is 34.9 Å². The predicted molar refractivity (Wildman–Crippen MR) is 142 cm³/mol. The first-order valence-corrected chi connectivity index (χ1v) is 17.1. The van der Waals surface area contributed by atoms with Gasteiger partial charge in [0.05, 0.1) is 0 Å². The molecule has 1 aliphatic rings. The van der Waals surface area contributed by atoms with Crippen LogP contribution in [0.1, 0.15) is 23.4 Å². The molecule has 2 aromatic carbocycles. The summed E-state index contributed by atoms with van der Waals surface area (Å²) in [5.41, 5.74) is 3.71. The molecule has 2 aromatic heterocycles. The van der Waals surface area contributed by atoms with Crippen LogP contribution in [0.15, 0.2) is 51.7 Å². The number of rotatable bonds is 9. The van der Waals surface area contributed by atoms with Crippen LogP contribution in [0.3, 0.4) is 0 Å². The summed E-state index contributed by atoms with van der Waals surface area (Å²) in [4.78, 5) is 2.08. The molecule has 0 radical (unpaired) electrons. The standard InChI is InChI=1S/C24H24N2O7S3Se/c1-16-4-7-21-18(14-16)25(9-2-12-35(27,28)29)23(37-21)15-22-26(10-3-13-36(30,31)32)24-17-8-11-33-19(17)5-6-20(24)34-22/h4-8,11,14-15H,2-3,9-10,12-13H2,1H3,(H-,27,28,29,30,31,32)/p-1. The second-order valence-corrected chi connectivity index (χ2v) is 15.1. The fourth-order valence-electron chi connectivity index (χ4n) is 4.43. The van der Waals surface area contributed by atoms with Crippen molar-refractivity contribution in [2.24, 2.45) is 0 Å².